The first-order valence-corrected chi connectivity index (χ1v) is 9.40. The third-order valence-electron chi connectivity index (χ3n) is 3.95. The summed E-state index contributed by atoms with van der Waals surface area (Å²) in [6.07, 6.45) is 0. The van der Waals surface area contributed by atoms with Crippen LogP contribution in [0.2, 0.25) is 0 Å². The monoisotopic (exact) mass is 611 g/mol. The minimum Gasteiger partial charge on any atom is -0.0622 e. The van der Waals surface area contributed by atoms with Crippen LogP contribution in [0.3, 0.4) is 0 Å². The fourth-order valence-corrected chi connectivity index (χ4v) is 4.72. The van der Waals surface area contributed by atoms with Crippen molar-refractivity contribution in [3.8, 4) is 0 Å². The minimum atomic E-state index is 0. The van der Waals surface area contributed by atoms with Crippen molar-refractivity contribution >= 4 is 24.8 Å². The van der Waals surface area contributed by atoms with Crippen molar-refractivity contribution in [3.63, 3.8) is 0 Å². The second-order valence-corrected chi connectivity index (χ2v) is 6.74. The van der Waals surface area contributed by atoms with Crippen molar-refractivity contribution < 1.29 is 44.3 Å². The van der Waals surface area contributed by atoms with E-state index < -0.39 is 0 Å². The second kappa shape index (κ2) is 22.9. The predicted octanol–water partition coefficient (Wildman–Crippen LogP) is 4.46. The van der Waals surface area contributed by atoms with Crippen molar-refractivity contribution in [3.05, 3.63) is 135 Å². The Balaban J connectivity index is -0.000000681. The van der Waals surface area contributed by atoms with E-state index in [1.807, 2.05) is 0 Å². The largest absolute Gasteiger partial charge is 0.110 e. The van der Waals surface area contributed by atoms with Crippen LogP contribution in [0, 0.1) is 33.3 Å². The summed E-state index contributed by atoms with van der Waals surface area (Å²) in [6, 6.07) is 30.4. The van der Waals surface area contributed by atoms with Crippen LogP contribution in [-0.4, -0.2) is 0 Å². The Hall–Kier alpha value is -2.78. The first-order chi connectivity index (χ1) is 15.4. The molecule has 0 spiro atoms. The molecule has 3 aromatic carbocycles. The average Bonchev–Trinajstić information content (AvgIpc) is 3.31. The van der Waals surface area contributed by atoms with Crippen molar-refractivity contribution in [2.24, 2.45) is 0 Å². The molecule has 32 heavy (non-hydrogen) atoms. The molecule has 5 nitrogen and oxygen atoms in total. The molecule has 1 aliphatic heterocycles. The summed E-state index contributed by atoms with van der Waals surface area (Å²) in [7, 11) is 0.165. The maximum absolute atomic E-state index is 7.50. The molecular formula is C25H16O5PW+. The van der Waals surface area contributed by atoms with Gasteiger partial charge >= 0.3 is 56.5 Å². The van der Waals surface area contributed by atoms with Crippen LogP contribution in [0.15, 0.2) is 84.9 Å². The summed E-state index contributed by atoms with van der Waals surface area (Å²) >= 11 is 0. The van der Waals surface area contributed by atoms with Crippen LogP contribution in [0.4, 0.5) is 0 Å². The van der Waals surface area contributed by atoms with Gasteiger partial charge in [0.25, 0.3) is 0 Å². The molecule has 0 N–H and O–H groups in total. The average molecular weight is 611 g/mol. The summed E-state index contributed by atoms with van der Waals surface area (Å²) in [5, 5.41) is 3.03. The molecule has 0 aliphatic carbocycles. The van der Waals surface area contributed by atoms with Gasteiger partial charge in [0, 0.05) is 37.8 Å². The number of rotatable bonds is 2. The van der Waals surface area contributed by atoms with E-state index in [2.05, 4.69) is 118 Å². The molecule has 7 heteroatoms. The zero-order valence-corrected chi connectivity index (χ0v) is 20.7. The normalized spacial score (nSPS) is 9.81. The van der Waals surface area contributed by atoms with Crippen molar-refractivity contribution in [2.45, 2.75) is 0 Å². The van der Waals surface area contributed by atoms with Gasteiger partial charge in [-0.1, -0.05) is 78.9 Å². The first-order valence-electron chi connectivity index (χ1n) is 8.25. The molecule has 0 bridgehead atoms. The number of hydrogen-bond acceptors (Lipinski definition) is 0. The molecule has 0 fully saturated rings. The van der Waals surface area contributed by atoms with Gasteiger partial charge in [-0.2, -0.15) is 0 Å². The molecule has 1 atom stereocenters. The second-order valence-electron chi connectivity index (χ2n) is 5.25. The van der Waals surface area contributed by atoms with E-state index >= 15 is 0 Å². The Labute approximate surface area is 203 Å². The van der Waals surface area contributed by atoms with Crippen LogP contribution in [-0.2, 0) is 44.3 Å². The van der Waals surface area contributed by atoms with Crippen molar-refractivity contribution in [1.29, 1.82) is 0 Å². The molecule has 3 aromatic rings. The summed E-state index contributed by atoms with van der Waals surface area (Å²) in [4.78, 5) is 0. The van der Waals surface area contributed by atoms with Crippen LogP contribution < -0.4 is 5.30 Å². The number of benzene rings is 3. The zero-order valence-electron chi connectivity index (χ0n) is 16.6. The van der Waals surface area contributed by atoms with E-state index in [0.29, 0.717) is 0 Å². The van der Waals surface area contributed by atoms with Gasteiger partial charge in [-0.05, 0) is 11.6 Å². The summed E-state index contributed by atoms with van der Waals surface area (Å²) < 4.78 is 37.5. The molecule has 0 radical (unpaired) electrons. The van der Waals surface area contributed by atoms with E-state index in [0.717, 1.165) is 0 Å². The van der Waals surface area contributed by atoms with Crippen LogP contribution >= 0.6 is 8.58 Å². The van der Waals surface area contributed by atoms with Gasteiger partial charge in [0.15, 0.2) is 0 Å². The summed E-state index contributed by atoms with van der Waals surface area (Å²) in [5.74, 6) is 0. The van der Waals surface area contributed by atoms with Gasteiger partial charge < -0.3 is 0 Å². The van der Waals surface area contributed by atoms with Crippen LogP contribution in [0.25, 0.3) is 10.9 Å². The molecule has 1 aliphatic rings. The Morgan fingerprint density at radius 3 is 1.31 bits per heavy atom. The fourth-order valence-electron chi connectivity index (χ4n) is 2.98. The smallest absolute Gasteiger partial charge is 0.0622 e. The van der Waals surface area contributed by atoms with Gasteiger partial charge in [0.05, 0.1) is 8.58 Å². The van der Waals surface area contributed by atoms with Crippen LogP contribution in [0.5, 0.6) is 0 Å². The van der Waals surface area contributed by atoms with Gasteiger partial charge in [0.1, 0.15) is 10.6 Å². The molecule has 1 unspecified atom stereocenters. The van der Waals surface area contributed by atoms with Crippen molar-refractivity contribution in [1.82, 2.24) is 0 Å². The molecular weight excluding hydrogens is 595 g/mol. The maximum Gasteiger partial charge on any atom is 0.110 e. The standard InChI is InChI=1S/C20H15P.5CO.W/c1-3-9-15(10-4-1)19-17-13-7-8-14-18(17)21-20(19)16-11-5-2-6-12-16;5*1-2;/h1-14,21H;;;;;;/p+1. The topological polar surface area (TPSA) is 99.5 Å². The van der Waals surface area contributed by atoms with Gasteiger partial charge in [0.2, 0.25) is 0 Å². The number of fused-ring (bicyclic) bond motifs is 1. The molecule has 1 heterocycles. The Kier molecular flexibility index (Phi) is 24.2. The van der Waals surface area contributed by atoms with E-state index in [4.69, 9.17) is 23.3 Å². The van der Waals surface area contributed by atoms with Gasteiger partial charge in [-0.25, -0.2) is 0 Å². The SMILES string of the molecule is [C-]#[O+].[C-]#[O+].[C-]#[O+].[C-]#[O+].[C-]#[O+].[W].c1ccc(C2=C(c3ccccc3)c3ccccc3[PH2+]2)cc1. The third-order valence-corrected chi connectivity index (χ3v) is 5.67. The summed E-state index contributed by atoms with van der Waals surface area (Å²) in [5.41, 5.74) is 5.53. The van der Waals surface area contributed by atoms with E-state index in [1.54, 1.807) is 0 Å². The number of hydrogen-bond donors (Lipinski definition) is 0. The van der Waals surface area contributed by atoms with Crippen LogP contribution in [0.1, 0.15) is 16.7 Å². The third kappa shape index (κ3) is 9.57. The van der Waals surface area contributed by atoms with Crippen molar-refractivity contribution in [2.75, 3.05) is 0 Å². The molecule has 156 valence electrons. The Morgan fingerprint density at radius 2 is 0.844 bits per heavy atom. The van der Waals surface area contributed by atoms with E-state index in [1.165, 1.54) is 32.9 Å². The Bertz CT molecular complexity index is 1000. The Morgan fingerprint density at radius 1 is 0.469 bits per heavy atom. The quantitative estimate of drug-likeness (QED) is 0.232. The summed E-state index contributed by atoms with van der Waals surface area (Å²) in [6.45, 7) is 22.5. The molecule has 4 rings (SSSR count). The van der Waals surface area contributed by atoms with Gasteiger partial charge in [-0.15, -0.1) is 0 Å². The molecule has 0 aromatic heterocycles. The molecule has 0 saturated heterocycles. The minimum absolute atomic E-state index is 0. The molecule has 0 amide bonds. The zero-order chi connectivity index (χ0) is 24.1. The van der Waals surface area contributed by atoms with E-state index in [9.17, 15) is 0 Å². The fraction of sp³-hybridized carbons (Fsp3) is 0. The first kappa shape index (κ1) is 33.8. The van der Waals surface area contributed by atoms with E-state index in [-0.39, 0.29) is 29.6 Å². The maximum atomic E-state index is 7.50. The molecule has 0 saturated carbocycles. The predicted molar refractivity (Wildman–Crippen MR) is 114 cm³/mol. The van der Waals surface area contributed by atoms with Gasteiger partial charge in [-0.3, -0.25) is 0 Å².